The standard InChI is InChI=1S/C19H17Br2FN4O/c20-12-9-13-18(14(21)10-12)23-17(24-19(13)27)11-25-5-7-26(8-6-25)16-4-2-1-3-15(16)22/h1-4,9-10H,5-8,11H2,(H,23,24,27). The van der Waals surface area contributed by atoms with Gasteiger partial charge in [0.1, 0.15) is 11.6 Å². The Hall–Kier alpha value is -1.77. The van der Waals surface area contributed by atoms with Crippen LogP contribution in [0.4, 0.5) is 10.1 Å². The van der Waals surface area contributed by atoms with Crippen LogP contribution in [-0.2, 0) is 6.54 Å². The molecule has 5 nitrogen and oxygen atoms in total. The monoisotopic (exact) mass is 494 g/mol. The van der Waals surface area contributed by atoms with Gasteiger partial charge >= 0.3 is 0 Å². The van der Waals surface area contributed by atoms with Crippen LogP contribution in [0.15, 0.2) is 50.1 Å². The van der Waals surface area contributed by atoms with Crippen molar-refractivity contribution in [2.45, 2.75) is 6.54 Å². The molecule has 1 saturated heterocycles. The average Bonchev–Trinajstić information content (AvgIpc) is 2.64. The maximum Gasteiger partial charge on any atom is 0.258 e. The third-order valence-corrected chi connectivity index (χ3v) is 5.78. The number of aromatic nitrogens is 2. The maximum atomic E-state index is 14.0. The smallest absolute Gasteiger partial charge is 0.258 e. The van der Waals surface area contributed by atoms with Crippen LogP contribution in [-0.4, -0.2) is 41.0 Å². The normalized spacial score (nSPS) is 15.4. The zero-order valence-electron chi connectivity index (χ0n) is 14.4. The van der Waals surface area contributed by atoms with E-state index in [0.717, 1.165) is 35.1 Å². The molecule has 27 heavy (non-hydrogen) atoms. The molecule has 2 aromatic carbocycles. The first-order valence-electron chi connectivity index (χ1n) is 8.61. The molecule has 4 rings (SSSR count). The number of fused-ring (bicyclic) bond motifs is 1. The summed E-state index contributed by atoms with van der Waals surface area (Å²) >= 11 is 6.88. The van der Waals surface area contributed by atoms with Gasteiger partial charge in [-0.1, -0.05) is 28.1 Å². The Morgan fingerprint density at radius 1 is 1.11 bits per heavy atom. The summed E-state index contributed by atoms with van der Waals surface area (Å²) in [6.07, 6.45) is 0. The van der Waals surface area contributed by atoms with E-state index in [4.69, 9.17) is 0 Å². The summed E-state index contributed by atoms with van der Waals surface area (Å²) in [5.41, 5.74) is 1.15. The number of aromatic amines is 1. The Balaban J connectivity index is 1.49. The van der Waals surface area contributed by atoms with Crippen LogP contribution in [0.5, 0.6) is 0 Å². The van der Waals surface area contributed by atoms with E-state index in [1.807, 2.05) is 18.2 Å². The van der Waals surface area contributed by atoms with Crippen LogP contribution in [0.25, 0.3) is 10.9 Å². The average molecular weight is 496 g/mol. The molecule has 8 heteroatoms. The number of halogens is 3. The number of hydrogen-bond donors (Lipinski definition) is 1. The van der Waals surface area contributed by atoms with Crippen molar-refractivity contribution in [1.29, 1.82) is 0 Å². The maximum absolute atomic E-state index is 14.0. The minimum Gasteiger partial charge on any atom is -0.367 e. The van der Waals surface area contributed by atoms with E-state index in [-0.39, 0.29) is 11.4 Å². The van der Waals surface area contributed by atoms with Crippen molar-refractivity contribution in [3.63, 3.8) is 0 Å². The summed E-state index contributed by atoms with van der Waals surface area (Å²) in [5.74, 6) is 0.442. The van der Waals surface area contributed by atoms with Crippen LogP contribution in [0.2, 0.25) is 0 Å². The summed E-state index contributed by atoms with van der Waals surface area (Å²) in [7, 11) is 0. The van der Waals surface area contributed by atoms with E-state index in [2.05, 4.69) is 51.6 Å². The number of benzene rings is 2. The van der Waals surface area contributed by atoms with Crippen LogP contribution in [0.3, 0.4) is 0 Å². The summed E-state index contributed by atoms with van der Waals surface area (Å²) < 4.78 is 15.6. The van der Waals surface area contributed by atoms with Gasteiger partial charge in [-0.3, -0.25) is 9.69 Å². The van der Waals surface area contributed by atoms with Crippen LogP contribution in [0, 0.1) is 5.82 Å². The second kappa shape index (κ2) is 7.69. The van der Waals surface area contributed by atoms with Crippen LogP contribution >= 0.6 is 31.9 Å². The van der Waals surface area contributed by atoms with Gasteiger partial charge in [0.2, 0.25) is 0 Å². The highest BCUT2D eigenvalue weighted by Crippen LogP contribution is 2.25. The van der Waals surface area contributed by atoms with Crippen LogP contribution in [0.1, 0.15) is 5.82 Å². The van der Waals surface area contributed by atoms with E-state index in [9.17, 15) is 9.18 Å². The molecule has 0 saturated carbocycles. The fourth-order valence-electron chi connectivity index (χ4n) is 3.36. The summed E-state index contributed by atoms with van der Waals surface area (Å²) in [6.45, 7) is 3.57. The molecule has 1 fully saturated rings. The molecular formula is C19H17Br2FN4O. The van der Waals surface area contributed by atoms with Gasteiger partial charge in [0.15, 0.2) is 0 Å². The lowest BCUT2D eigenvalue weighted by molar-refractivity contribution is 0.243. The molecule has 1 aliphatic heterocycles. The zero-order valence-corrected chi connectivity index (χ0v) is 17.6. The molecule has 0 atom stereocenters. The molecular weight excluding hydrogens is 479 g/mol. The predicted molar refractivity (Wildman–Crippen MR) is 112 cm³/mol. The van der Waals surface area contributed by atoms with Gasteiger partial charge in [-0.25, -0.2) is 9.37 Å². The third kappa shape index (κ3) is 3.93. The summed E-state index contributed by atoms with van der Waals surface area (Å²) in [6, 6.07) is 10.5. The van der Waals surface area contributed by atoms with E-state index in [0.29, 0.717) is 29.0 Å². The minimum absolute atomic E-state index is 0.151. The number of piperazine rings is 1. The molecule has 2 heterocycles. The van der Waals surface area contributed by atoms with Crippen molar-refractivity contribution in [2.24, 2.45) is 0 Å². The quantitative estimate of drug-likeness (QED) is 0.598. The Bertz CT molecular complexity index is 1050. The Kier molecular flexibility index (Phi) is 5.29. The molecule has 0 bridgehead atoms. The largest absolute Gasteiger partial charge is 0.367 e. The van der Waals surface area contributed by atoms with Crippen molar-refractivity contribution >= 4 is 48.5 Å². The fourth-order valence-corrected chi connectivity index (χ4v) is 4.67. The molecule has 1 aromatic heterocycles. The topological polar surface area (TPSA) is 52.2 Å². The second-order valence-corrected chi connectivity index (χ2v) is 8.28. The lowest BCUT2D eigenvalue weighted by atomic mass is 10.2. The molecule has 140 valence electrons. The number of nitrogens with zero attached hydrogens (tertiary/aromatic N) is 3. The zero-order chi connectivity index (χ0) is 19.0. The van der Waals surface area contributed by atoms with Crippen molar-refractivity contribution in [1.82, 2.24) is 14.9 Å². The number of rotatable bonds is 3. The van der Waals surface area contributed by atoms with Crippen LogP contribution < -0.4 is 10.5 Å². The third-order valence-electron chi connectivity index (χ3n) is 4.72. The molecule has 1 N–H and O–H groups in total. The first-order chi connectivity index (χ1) is 13.0. The predicted octanol–water partition coefficient (Wildman–Crippen LogP) is 3.91. The minimum atomic E-state index is -0.192. The molecule has 0 aliphatic carbocycles. The summed E-state index contributed by atoms with van der Waals surface area (Å²) in [5, 5.41) is 0.546. The lowest BCUT2D eigenvalue weighted by Gasteiger charge is -2.35. The molecule has 1 aliphatic rings. The number of anilines is 1. The molecule has 0 unspecified atom stereocenters. The molecule has 0 amide bonds. The van der Waals surface area contributed by atoms with Crippen molar-refractivity contribution in [3.8, 4) is 0 Å². The first-order valence-corrected chi connectivity index (χ1v) is 10.2. The van der Waals surface area contributed by atoms with Gasteiger partial charge in [-0.15, -0.1) is 0 Å². The Morgan fingerprint density at radius 3 is 2.59 bits per heavy atom. The van der Waals surface area contributed by atoms with Gasteiger partial charge in [0, 0.05) is 35.1 Å². The van der Waals surface area contributed by atoms with Gasteiger partial charge in [-0.2, -0.15) is 0 Å². The highest BCUT2D eigenvalue weighted by atomic mass is 79.9. The number of nitrogens with one attached hydrogen (secondary N) is 1. The van der Waals surface area contributed by atoms with Gasteiger partial charge in [-0.05, 0) is 40.2 Å². The fraction of sp³-hybridized carbons (Fsp3) is 0.263. The number of para-hydroxylation sites is 1. The van der Waals surface area contributed by atoms with E-state index in [1.54, 1.807) is 12.1 Å². The molecule has 0 spiro atoms. The highest BCUT2D eigenvalue weighted by Gasteiger charge is 2.20. The summed E-state index contributed by atoms with van der Waals surface area (Å²) in [4.78, 5) is 24.2. The lowest BCUT2D eigenvalue weighted by Crippen LogP contribution is -2.46. The van der Waals surface area contributed by atoms with E-state index in [1.165, 1.54) is 6.07 Å². The van der Waals surface area contributed by atoms with Gasteiger partial charge in [0.05, 0.1) is 23.1 Å². The molecule has 3 aromatic rings. The van der Waals surface area contributed by atoms with Crippen molar-refractivity contribution in [2.75, 3.05) is 31.1 Å². The number of H-pyrrole nitrogens is 1. The van der Waals surface area contributed by atoms with Crippen molar-refractivity contribution in [3.05, 3.63) is 67.3 Å². The van der Waals surface area contributed by atoms with Crippen molar-refractivity contribution < 1.29 is 4.39 Å². The first kappa shape index (κ1) is 18.6. The molecule has 0 radical (unpaired) electrons. The van der Waals surface area contributed by atoms with E-state index >= 15 is 0 Å². The second-order valence-electron chi connectivity index (χ2n) is 6.51. The Morgan fingerprint density at radius 2 is 1.85 bits per heavy atom. The van der Waals surface area contributed by atoms with E-state index < -0.39 is 0 Å². The number of hydrogen-bond acceptors (Lipinski definition) is 4. The Labute approximate surface area is 172 Å². The SMILES string of the molecule is O=c1[nH]c(CN2CCN(c3ccccc3F)CC2)nc2c(Br)cc(Br)cc12. The highest BCUT2D eigenvalue weighted by molar-refractivity contribution is 9.11. The van der Waals surface area contributed by atoms with Gasteiger partial charge in [0.25, 0.3) is 5.56 Å². The van der Waals surface area contributed by atoms with Gasteiger partial charge < -0.3 is 9.88 Å².